The Labute approximate surface area is 182 Å². The van der Waals surface area contributed by atoms with Gasteiger partial charge >= 0.3 is 5.97 Å². The first kappa shape index (κ1) is 28.4. The first-order chi connectivity index (χ1) is 12.6. The normalized spacial score (nSPS) is 15.3. The molecule has 0 fully saturated rings. The molecule has 0 aliphatic carbocycles. The number of carbonyl (C=O) groups is 1. The summed E-state index contributed by atoms with van der Waals surface area (Å²) >= 11 is 0. The second-order valence-electron chi connectivity index (χ2n) is 13.8. The van der Waals surface area contributed by atoms with Crippen molar-refractivity contribution < 1.29 is 14.3 Å². The minimum atomic E-state index is -0.508. The summed E-state index contributed by atoms with van der Waals surface area (Å²) in [6.45, 7) is 28.1. The lowest BCUT2D eigenvalue weighted by molar-refractivity contribution is -0.185. The average molecular weight is 413 g/mol. The van der Waals surface area contributed by atoms with Crippen molar-refractivity contribution in [3.05, 3.63) is 0 Å². The number of hydrogen-bond acceptors (Lipinski definition) is 3. The lowest BCUT2D eigenvalue weighted by Gasteiger charge is -2.37. The van der Waals surface area contributed by atoms with Crippen LogP contribution < -0.4 is 0 Å². The van der Waals surface area contributed by atoms with Crippen molar-refractivity contribution in [2.24, 2.45) is 16.2 Å². The zero-order valence-corrected chi connectivity index (χ0v) is 22.0. The van der Waals surface area contributed by atoms with E-state index in [1.54, 1.807) is 0 Å². The molecule has 0 saturated heterocycles. The standard InChI is InChI=1S/C26H52O3/c1-22(2,3)17-15-14-16-20(28-25(10,11)18-23(4,5)6)21(27)29-26(12,13)19-24(7,8)9/h20H,14-19H2,1-13H3. The first-order valence-electron chi connectivity index (χ1n) is 11.5. The summed E-state index contributed by atoms with van der Waals surface area (Å²) in [5.41, 5.74) is -0.332. The molecule has 0 aromatic rings. The van der Waals surface area contributed by atoms with Crippen molar-refractivity contribution >= 4 is 5.97 Å². The van der Waals surface area contributed by atoms with Crippen LogP contribution >= 0.6 is 0 Å². The molecule has 0 spiro atoms. The number of rotatable bonds is 10. The smallest absolute Gasteiger partial charge is 0.335 e. The van der Waals surface area contributed by atoms with E-state index in [0.29, 0.717) is 11.8 Å². The van der Waals surface area contributed by atoms with Gasteiger partial charge in [-0.2, -0.15) is 0 Å². The Kier molecular flexibility index (Phi) is 9.96. The minimum Gasteiger partial charge on any atom is -0.458 e. The molecule has 0 amide bonds. The van der Waals surface area contributed by atoms with Gasteiger partial charge in [-0.15, -0.1) is 0 Å². The van der Waals surface area contributed by atoms with Gasteiger partial charge in [-0.05, 0) is 69.6 Å². The van der Waals surface area contributed by atoms with Crippen LogP contribution in [-0.4, -0.2) is 23.3 Å². The lowest BCUT2D eigenvalue weighted by atomic mass is 9.83. The number of hydrogen-bond donors (Lipinski definition) is 0. The lowest BCUT2D eigenvalue weighted by Crippen LogP contribution is -2.42. The molecule has 0 N–H and O–H groups in total. The van der Waals surface area contributed by atoms with Crippen LogP contribution in [-0.2, 0) is 14.3 Å². The first-order valence-corrected chi connectivity index (χ1v) is 11.5. The molecular weight excluding hydrogens is 360 g/mol. The summed E-state index contributed by atoms with van der Waals surface area (Å²) < 4.78 is 12.4. The van der Waals surface area contributed by atoms with E-state index in [1.165, 1.54) is 0 Å². The number of carbonyl (C=O) groups excluding carboxylic acids is 1. The van der Waals surface area contributed by atoms with E-state index < -0.39 is 11.7 Å². The van der Waals surface area contributed by atoms with Gasteiger partial charge in [0.1, 0.15) is 5.60 Å². The predicted molar refractivity (Wildman–Crippen MR) is 125 cm³/mol. The maximum absolute atomic E-state index is 13.1. The van der Waals surface area contributed by atoms with E-state index in [-0.39, 0.29) is 22.4 Å². The second kappa shape index (κ2) is 10.2. The molecule has 3 nitrogen and oxygen atoms in total. The van der Waals surface area contributed by atoms with Crippen molar-refractivity contribution in [3.63, 3.8) is 0 Å². The SMILES string of the molecule is CC(C)(C)CCCCC(OC(C)(C)CC(C)(C)C)C(=O)OC(C)(C)CC(C)(C)C. The van der Waals surface area contributed by atoms with E-state index >= 15 is 0 Å². The van der Waals surface area contributed by atoms with Gasteiger partial charge in [0, 0.05) is 0 Å². The van der Waals surface area contributed by atoms with Crippen molar-refractivity contribution in [2.45, 2.75) is 146 Å². The molecule has 0 aliphatic rings. The molecule has 29 heavy (non-hydrogen) atoms. The second-order valence-corrected chi connectivity index (χ2v) is 13.8. The van der Waals surface area contributed by atoms with E-state index in [0.717, 1.165) is 32.1 Å². The molecule has 0 aromatic carbocycles. The van der Waals surface area contributed by atoms with Gasteiger partial charge in [-0.25, -0.2) is 4.79 Å². The maximum atomic E-state index is 13.1. The average Bonchev–Trinajstić information content (AvgIpc) is 2.34. The minimum absolute atomic E-state index is 0.0956. The molecule has 3 heteroatoms. The van der Waals surface area contributed by atoms with E-state index in [4.69, 9.17) is 9.47 Å². The molecule has 0 saturated carbocycles. The zero-order chi connectivity index (χ0) is 23.3. The van der Waals surface area contributed by atoms with Crippen molar-refractivity contribution in [1.29, 1.82) is 0 Å². The molecule has 0 radical (unpaired) electrons. The quantitative estimate of drug-likeness (QED) is 0.270. The van der Waals surface area contributed by atoms with E-state index in [9.17, 15) is 4.79 Å². The molecule has 0 bridgehead atoms. The summed E-state index contributed by atoms with van der Waals surface area (Å²) in [5.74, 6) is -0.211. The van der Waals surface area contributed by atoms with Gasteiger partial charge in [0.25, 0.3) is 0 Å². The summed E-state index contributed by atoms with van der Waals surface area (Å²) in [6, 6.07) is 0. The Hall–Kier alpha value is -0.570. The molecule has 0 heterocycles. The van der Waals surface area contributed by atoms with Gasteiger partial charge in [-0.1, -0.05) is 75.2 Å². The monoisotopic (exact) mass is 412 g/mol. The summed E-state index contributed by atoms with van der Waals surface area (Å²) in [5, 5.41) is 0. The number of unbranched alkanes of at least 4 members (excludes halogenated alkanes) is 1. The Morgan fingerprint density at radius 1 is 0.655 bits per heavy atom. The topological polar surface area (TPSA) is 35.5 Å². The summed E-state index contributed by atoms with van der Waals surface area (Å²) in [4.78, 5) is 13.1. The van der Waals surface area contributed by atoms with Gasteiger partial charge in [0.15, 0.2) is 6.10 Å². The molecule has 0 aromatic heterocycles. The third-order valence-corrected chi connectivity index (χ3v) is 4.66. The van der Waals surface area contributed by atoms with Crippen LogP contribution in [0.4, 0.5) is 0 Å². The van der Waals surface area contributed by atoms with Crippen LogP contribution in [0.15, 0.2) is 0 Å². The van der Waals surface area contributed by atoms with Crippen LogP contribution in [0.3, 0.4) is 0 Å². The molecule has 0 rings (SSSR count). The fourth-order valence-electron chi connectivity index (χ4n) is 4.57. The maximum Gasteiger partial charge on any atom is 0.335 e. The third kappa shape index (κ3) is 15.9. The van der Waals surface area contributed by atoms with Crippen LogP contribution in [0.1, 0.15) is 129 Å². The van der Waals surface area contributed by atoms with Crippen molar-refractivity contribution in [2.75, 3.05) is 0 Å². The van der Waals surface area contributed by atoms with Crippen LogP contribution in [0, 0.1) is 16.2 Å². The highest BCUT2D eigenvalue weighted by molar-refractivity contribution is 5.75. The highest BCUT2D eigenvalue weighted by Crippen LogP contribution is 2.34. The largest absolute Gasteiger partial charge is 0.458 e. The van der Waals surface area contributed by atoms with Gasteiger partial charge in [0.05, 0.1) is 5.60 Å². The molecule has 1 atom stereocenters. The van der Waals surface area contributed by atoms with Crippen LogP contribution in [0.25, 0.3) is 0 Å². The Bertz CT molecular complexity index is 496. The van der Waals surface area contributed by atoms with Crippen LogP contribution in [0.2, 0.25) is 0 Å². The summed E-state index contributed by atoms with van der Waals surface area (Å²) in [6.07, 6.45) is 5.13. The van der Waals surface area contributed by atoms with Crippen LogP contribution in [0.5, 0.6) is 0 Å². The fraction of sp³-hybridized carbons (Fsp3) is 0.962. The molecular formula is C26H52O3. The highest BCUT2D eigenvalue weighted by atomic mass is 16.6. The van der Waals surface area contributed by atoms with Crippen molar-refractivity contribution in [3.8, 4) is 0 Å². The Morgan fingerprint density at radius 2 is 1.10 bits per heavy atom. The fourth-order valence-corrected chi connectivity index (χ4v) is 4.57. The highest BCUT2D eigenvalue weighted by Gasteiger charge is 2.36. The van der Waals surface area contributed by atoms with Gasteiger partial charge in [0.2, 0.25) is 0 Å². The Balaban J connectivity index is 5.22. The summed E-state index contributed by atoms with van der Waals surface area (Å²) in [7, 11) is 0. The third-order valence-electron chi connectivity index (χ3n) is 4.66. The number of ether oxygens (including phenoxy) is 2. The van der Waals surface area contributed by atoms with Gasteiger partial charge in [-0.3, -0.25) is 0 Å². The molecule has 0 aliphatic heterocycles. The molecule has 174 valence electrons. The molecule has 1 unspecified atom stereocenters. The zero-order valence-electron chi connectivity index (χ0n) is 22.0. The van der Waals surface area contributed by atoms with Crippen molar-refractivity contribution in [1.82, 2.24) is 0 Å². The van der Waals surface area contributed by atoms with Gasteiger partial charge < -0.3 is 9.47 Å². The predicted octanol–water partition coefficient (Wildman–Crippen LogP) is 7.95. The Morgan fingerprint density at radius 3 is 1.52 bits per heavy atom. The van der Waals surface area contributed by atoms with E-state index in [1.807, 2.05) is 13.8 Å². The van der Waals surface area contributed by atoms with E-state index in [2.05, 4.69) is 76.2 Å². The number of esters is 1.